The molecule has 1 aliphatic rings. The van der Waals surface area contributed by atoms with Crippen molar-refractivity contribution in [2.24, 2.45) is 0 Å². The molecule has 1 aromatic heterocycles. The number of anilines is 1. The van der Waals surface area contributed by atoms with E-state index in [1.54, 1.807) is 0 Å². The van der Waals surface area contributed by atoms with E-state index >= 15 is 0 Å². The summed E-state index contributed by atoms with van der Waals surface area (Å²) < 4.78 is 0. The molecule has 4 nitrogen and oxygen atoms in total. The van der Waals surface area contributed by atoms with Gasteiger partial charge in [0.1, 0.15) is 5.82 Å². The Morgan fingerprint density at radius 1 is 1.24 bits per heavy atom. The zero-order valence-corrected chi connectivity index (χ0v) is 14.4. The van der Waals surface area contributed by atoms with Gasteiger partial charge in [-0.05, 0) is 53.8 Å². The fraction of sp³-hybridized carbons (Fsp3) is 0.706. The Balaban J connectivity index is 2.07. The number of nitrogens with one attached hydrogen (secondary N) is 1. The Bertz CT molecular complexity index is 476. The lowest BCUT2D eigenvalue weighted by molar-refractivity contribution is 0.138. The summed E-state index contributed by atoms with van der Waals surface area (Å²) >= 11 is 0. The van der Waals surface area contributed by atoms with Gasteiger partial charge in [0.2, 0.25) is 0 Å². The Labute approximate surface area is 129 Å². The fourth-order valence-corrected chi connectivity index (χ4v) is 2.53. The minimum Gasteiger partial charge on any atom is -0.353 e. The van der Waals surface area contributed by atoms with Crippen LogP contribution < -0.4 is 10.2 Å². The quantitative estimate of drug-likeness (QED) is 0.927. The van der Waals surface area contributed by atoms with Crippen molar-refractivity contribution in [3.63, 3.8) is 0 Å². The predicted octanol–water partition coefficient (Wildman–Crippen LogP) is 2.50. The topological polar surface area (TPSA) is 31.4 Å². The van der Waals surface area contributed by atoms with E-state index in [1.165, 1.54) is 0 Å². The molecule has 2 rings (SSSR count). The molecule has 0 spiro atoms. The van der Waals surface area contributed by atoms with Gasteiger partial charge in [-0.1, -0.05) is 6.07 Å². The van der Waals surface area contributed by atoms with Crippen LogP contribution in [0.15, 0.2) is 18.2 Å². The lowest BCUT2D eigenvalue weighted by Gasteiger charge is -2.45. The second-order valence-corrected chi connectivity index (χ2v) is 7.75. The fourth-order valence-electron chi connectivity index (χ4n) is 2.53. The first kappa shape index (κ1) is 16.2. The molecule has 1 fully saturated rings. The zero-order valence-electron chi connectivity index (χ0n) is 14.4. The van der Waals surface area contributed by atoms with Crippen molar-refractivity contribution in [2.75, 3.05) is 31.6 Å². The van der Waals surface area contributed by atoms with Crippen molar-refractivity contribution in [3.05, 3.63) is 23.9 Å². The number of nitrogens with zero attached hydrogens (tertiary/aromatic N) is 3. The van der Waals surface area contributed by atoms with Crippen molar-refractivity contribution in [3.8, 4) is 0 Å². The van der Waals surface area contributed by atoms with E-state index < -0.39 is 0 Å². The number of aromatic nitrogens is 1. The molecule has 0 amide bonds. The van der Waals surface area contributed by atoms with E-state index in [0.717, 1.165) is 37.7 Å². The first-order chi connectivity index (χ1) is 9.67. The van der Waals surface area contributed by atoms with Gasteiger partial charge in [-0.25, -0.2) is 4.98 Å². The molecule has 1 saturated heterocycles. The highest BCUT2D eigenvalue weighted by Gasteiger charge is 2.31. The van der Waals surface area contributed by atoms with E-state index in [9.17, 15) is 0 Å². The monoisotopic (exact) mass is 290 g/mol. The molecule has 0 unspecified atom stereocenters. The lowest BCUT2D eigenvalue weighted by Crippen LogP contribution is -2.57. The molecule has 1 N–H and O–H groups in total. The third-order valence-corrected chi connectivity index (χ3v) is 4.23. The van der Waals surface area contributed by atoms with Gasteiger partial charge in [-0.3, -0.25) is 4.90 Å². The summed E-state index contributed by atoms with van der Waals surface area (Å²) in [5.74, 6) is 1.10. The summed E-state index contributed by atoms with van der Waals surface area (Å²) in [7, 11) is 2.20. The van der Waals surface area contributed by atoms with Crippen LogP contribution in [0.3, 0.4) is 0 Å². The predicted molar refractivity (Wildman–Crippen MR) is 89.8 cm³/mol. The molecule has 0 aliphatic carbocycles. The molecule has 1 aliphatic heterocycles. The van der Waals surface area contributed by atoms with Gasteiger partial charge < -0.3 is 10.2 Å². The number of rotatable bonds is 3. The van der Waals surface area contributed by atoms with E-state index in [1.807, 2.05) is 0 Å². The first-order valence-corrected chi connectivity index (χ1v) is 7.85. The average Bonchev–Trinajstić information content (AvgIpc) is 2.39. The minimum atomic E-state index is 0.119. The SMILES string of the molecule is CN1CCN(c2cccc(CNC(C)(C)C)n2)CC1(C)C. The summed E-state index contributed by atoms with van der Waals surface area (Å²) in [6.07, 6.45) is 0. The molecule has 2 heterocycles. The number of pyridine rings is 1. The molecule has 1 aromatic rings. The molecule has 4 heteroatoms. The molecule has 118 valence electrons. The van der Waals surface area contributed by atoms with Crippen molar-refractivity contribution in [1.82, 2.24) is 15.2 Å². The van der Waals surface area contributed by atoms with Gasteiger partial charge in [-0.2, -0.15) is 0 Å². The Hall–Kier alpha value is -1.13. The van der Waals surface area contributed by atoms with Gasteiger partial charge in [0.05, 0.1) is 5.69 Å². The molecular weight excluding hydrogens is 260 g/mol. The third kappa shape index (κ3) is 4.42. The van der Waals surface area contributed by atoms with Crippen molar-refractivity contribution >= 4 is 5.82 Å². The van der Waals surface area contributed by atoms with E-state index in [4.69, 9.17) is 4.98 Å². The molecule has 0 bridgehead atoms. The maximum Gasteiger partial charge on any atom is 0.128 e. The highest BCUT2D eigenvalue weighted by molar-refractivity contribution is 5.40. The smallest absolute Gasteiger partial charge is 0.128 e. The molecule has 21 heavy (non-hydrogen) atoms. The standard InChI is InChI=1S/C17H30N4/c1-16(2,3)18-12-14-8-7-9-15(19-14)21-11-10-20(6)17(4,5)13-21/h7-9,18H,10-13H2,1-6H3. The summed E-state index contributed by atoms with van der Waals surface area (Å²) in [5, 5.41) is 3.50. The number of hydrogen-bond acceptors (Lipinski definition) is 4. The van der Waals surface area contributed by atoms with Gasteiger partial charge >= 0.3 is 0 Å². The zero-order chi connectivity index (χ0) is 15.7. The number of hydrogen-bond donors (Lipinski definition) is 1. The van der Waals surface area contributed by atoms with Crippen LogP contribution in [0.2, 0.25) is 0 Å². The van der Waals surface area contributed by atoms with Crippen LogP contribution in [0.25, 0.3) is 0 Å². The van der Waals surface area contributed by atoms with Crippen LogP contribution in [-0.2, 0) is 6.54 Å². The van der Waals surface area contributed by atoms with Crippen LogP contribution in [0, 0.1) is 0 Å². The first-order valence-electron chi connectivity index (χ1n) is 7.85. The van der Waals surface area contributed by atoms with Crippen molar-refractivity contribution in [2.45, 2.75) is 52.2 Å². The van der Waals surface area contributed by atoms with E-state index in [-0.39, 0.29) is 11.1 Å². The van der Waals surface area contributed by atoms with Crippen molar-refractivity contribution in [1.29, 1.82) is 0 Å². The second-order valence-electron chi connectivity index (χ2n) is 7.75. The van der Waals surface area contributed by atoms with Gasteiger partial charge in [0.15, 0.2) is 0 Å². The minimum absolute atomic E-state index is 0.119. The van der Waals surface area contributed by atoms with Crippen molar-refractivity contribution < 1.29 is 0 Å². The normalized spacial score (nSPS) is 19.8. The maximum absolute atomic E-state index is 4.83. The van der Waals surface area contributed by atoms with Crippen LogP contribution in [0.1, 0.15) is 40.3 Å². The summed E-state index contributed by atoms with van der Waals surface area (Å²) in [5.41, 5.74) is 1.42. The number of likely N-dealkylation sites (N-methyl/N-ethyl adjacent to an activating group) is 1. The third-order valence-electron chi connectivity index (χ3n) is 4.23. The van der Waals surface area contributed by atoms with Gasteiger partial charge in [0, 0.05) is 37.3 Å². The average molecular weight is 290 g/mol. The Morgan fingerprint density at radius 2 is 1.95 bits per heavy atom. The van der Waals surface area contributed by atoms with Crippen LogP contribution >= 0.6 is 0 Å². The van der Waals surface area contributed by atoms with E-state index in [0.29, 0.717) is 0 Å². The van der Waals surface area contributed by atoms with Gasteiger partial charge in [0.25, 0.3) is 0 Å². The summed E-state index contributed by atoms with van der Waals surface area (Å²) in [4.78, 5) is 9.66. The van der Waals surface area contributed by atoms with E-state index in [2.05, 4.69) is 75.0 Å². The van der Waals surface area contributed by atoms with Crippen LogP contribution in [0.4, 0.5) is 5.82 Å². The highest BCUT2D eigenvalue weighted by atomic mass is 15.3. The second kappa shape index (κ2) is 5.93. The largest absolute Gasteiger partial charge is 0.353 e. The highest BCUT2D eigenvalue weighted by Crippen LogP contribution is 2.23. The summed E-state index contributed by atoms with van der Waals surface area (Å²) in [6.45, 7) is 15.1. The lowest BCUT2D eigenvalue weighted by atomic mass is 10.00. The molecule has 0 atom stereocenters. The summed E-state index contributed by atoms with van der Waals surface area (Å²) in [6, 6.07) is 6.35. The molecule has 0 radical (unpaired) electrons. The number of piperazine rings is 1. The van der Waals surface area contributed by atoms with Crippen LogP contribution in [0.5, 0.6) is 0 Å². The molecular formula is C17H30N4. The maximum atomic E-state index is 4.83. The molecule has 0 aromatic carbocycles. The van der Waals surface area contributed by atoms with Crippen LogP contribution in [-0.4, -0.2) is 47.6 Å². The Morgan fingerprint density at radius 3 is 2.57 bits per heavy atom. The van der Waals surface area contributed by atoms with Gasteiger partial charge in [-0.15, -0.1) is 0 Å². The molecule has 0 saturated carbocycles. The Kier molecular flexibility index (Phi) is 4.59.